The molecule has 0 atom stereocenters. The lowest BCUT2D eigenvalue weighted by molar-refractivity contribution is -0.120. The number of nitrogens with zero attached hydrogens (tertiary/aromatic N) is 4. The molecule has 0 bridgehead atoms. The number of anilines is 3. The van der Waals surface area contributed by atoms with E-state index >= 15 is 0 Å². The van der Waals surface area contributed by atoms with E-state index in [1.54, 1.807) is 30.3 Å². The first-order chi connectivity index (χ1) is 17.5. The molecule has 0 unspecified atom stereocenters. The van der Waals surface area contributed by atoms with Crippen LogP contribution in [0.2, 0.25) is 0 Å². The Bertz CT molecular complexity index is 1390. The number of thiocarbonyl (C=S) groups is 1. The van der Waals surface area contributed by atoms with Crippen LogP contribution in [-0.2, 0) is 9.59 Å². The van der Waals surface area contributed by atoms with E-state index in [1.165, 1.54) is 9.80 Å². The van der Waals surface area contributed by atoms with Crippen molar-refractivity contribution in [2.45, 2.75) is 0 Å². The van der Waals surface area contributed by atoms with Gasteiger partial charge in [-0.1, -0.05) is 36.4 Å². The number of para-hydroxylation sites is 2. The van der Waals surface area contributed by atoms with Crippen molar-refractivity contribution in [2.75, 3.05) is 28.8 Å². The predicted molar refractivity (Wildman–Crippen MR) is 149 cm³/mol. The predicted octanol–water partition coefficient (Wildman–Crippen LogP) is 5.29. The molecule has 2 heterocycles. The second-order valence-corrected chi connectivity index (χ2v) is 8.87. The fourth-order valence-electron chi connectivity index (χ4n) is 4.15. The van der Waals surface area contributed by atoms with Crippen molar-refractivity contribution in [3.05, 3.63) is 115 Å². The molecule has 3 aromatic carbocycles. The third kappa shape index (κ3) is 4.21. The van der Waals surface area contributed by atoms with Gasteiger partial charge in [-0.15, -0.1) is 0 Å². The maximum atomic E-state index is 13.7. The van der Waals surface area contributed by atoms with Crippen LogP contribution < -0.4 is 14.7 Å². The van der Waals surface area contributed by atoms with Crippen molar-refractivity contribution >= 4 is 52.3 Å². The third-order valence-electron chi connectivity index (χ3n) is 6.00. The largest absolute Gasteiger partial charge is 0.378 e. The number of carbonyl (C=O) groups excluding carboxylic acids is 2. The van der Waals surface area contributed by atoms with Gasteiger partial charge < -0.3 is 9.47 Å². The van der Waals surface area contributed by atoms with E-state index in [4.69, 9.17) is 12.2 Å². The minimum Gasteiger partial charge on any atom is -0.378 e. The van der Waals surface area contributed by atoms with Crippen LogP contribution in [0.4, 0.5) is 17.1 Å². The van der Waals surface area contributed by atoms with Gasteiger partial charge >= 0.3 is 0 Å². The van der Waals surface area contributed by atoms with Crippen molar-refractivity contribution in [2.24, 2.45) is 0 Å². The molecule has 0 spiro atoms. The average Bonchev–Trinajstić information content (AvgIpc) is 3.36. The number of benzene rings is 3. The SMILES string of the molecule is CN(C)c1ccc(-n2cccc2C=C2C(=O)N(c3ccccc3)C(=S)N(c3ccccc3)C2=O)cc1. The number of carbonyl (C=O) groups is 2. The van der Waals surface area contributed by atoms with E-state index in [9.17, 15) is 9.59 Å². The highest BCUT2D eigenvalue weighted by Crippen LogP contribution is 2.30. The summed E-state index contributed by atoms with van der Waals surface area (Å²) in [4.78, 5) is 32.3. The summed E-state index contributed by atoms with van der Waals surface area (Å²) in [6.45, 7) is 0. The first kappa shape index (κ1) is 23.3. The zero-order valence-electron chi connectivity index (χ0n) is 19.9. The number of amides is 2. The summed E-state index contributed by atoms with van der Waals surface area (Å²) in [7, 11) is 3.98. The van der Waals surface area contributed by atoms with E-state index in [-0.39, 0.29) is 10.7 Å². The van der Waals surface area contributed by atoms with Gasteiger partial charge in [0.1, 0.15) is 5.57 Å². The van der Waals surface area contributed by atoms with Gasteiger partial charge in [-0.3, -0.25) is 19.4 Å². The molecule has 6 nitrogen and oxygen atoms in total. The molecule has 0 N–H and O–H groups in total. The van der Waals surface area contributed by atoms with Crippen molar-refractivity contribution in [1.29, 1.82) is 0 Å². The highest BCUT2D eigenvalue weighted by molar-refractivity contribution is 7.81. The molecule has 5 rings (SSSR count). The molecule has 0 radical (unpaired) electrons. The third-order valence-corrected chi connectivity index (χ3v) is 6.36. The Morgan fingerprint density at radius 3 is 1.69 bits per heavy atom. The van der Waals surface area contributed by atoms with Crippen LogP contribution in [0.1, 0.15) is 5.69 Å². The van der Waals surface area contributed by atoms with Crippen molar-refractivity contribution in [3.63, 3.8) is 0 Å². The molecule has 36 heavy (non-hydrogen) atoms. The Hall–Kier alpha value is -4.49. The fraction of sp³-hybridized carbons (Fsp3) is 0.0690. The highest BCUT2D eigenvalue weighted by Gasteiger charge is 2.41. The molecule has 1 saturated heterocycles. The molecular weight excluding hydrogens is 468 g/mol. The summed E-state index contributed by atoms with van der Waals surface area (Å²) in [5.74, 6) is -0.918. The van der Waals surface area contributed by atoms with Crippen molar-refractivity contribution in [1.82, 2.24) is 4.57 Å². The first-order valence-electron chi connectivity index (χ1n) is 11.5. The molecule has 1 aliphatic heterocycles. The molecular formula is C29H24N4O2S. The van der Waals surface area contributed by atoms with Gasteiger partial charge in [-0.2, -0.15) is 0 Å². The number of aromatic nitrogens is 1. The minimum atomic E-state index is -0.459. The Morgan fingerprint density at radius 1 is 0.667 bits per heavy atom. The van der Waals surface area contributed by atoms with Gasteiger partial charge in [-0.05, 0) is 79.0 Å². The number of rotatable bonds is 5. The molecule has 7 heteroatoms. The van der Waals surface area contributed by atoms with E-state index in [1.807, 2.05) is 103 Å². The van der Waals surface area contributed by atoms with E-state index in [0.29, 0.717) is 17.1 Å². The zero-order chi connectivity index (χ0) is 25.2. The zero-order valence-corrected chi connectivity index (χ0v) is 20.7. The maximum absolute atomic E-state index is 13.7. The summed E-state index contributed by atoms with van der Waals surface area (Å²) in [5, 5.41) is 0.120. The average molecular weight is 493 g/mol. The van der Waals surface area contributed by atoms with Crippen LogP contribution in [0.25, 0.3) is 11.8 Å². The van der Waals surface area contributed by atoms with Gasteiger partial charge in [-0.25, -0.2) is 0 Å². The van der Waals surface area contributed by atoms with Gasteiger partial charge in [0.15, 0.2) is 5.11 Å². The van der Waals surface area contributed by atoms with Gasteiger partial charge in [0, 0.05) is 37.4 Å². The number of hydrogen-bond donors (Lipinski definition) is 0. The summed E-state index contributed by atoms with van der Waals surface area (Å²) in [6.07, 6.45) is 3.54. The van der Waals surface area contributed by atoms with Crippen LogP contribution in [0, 0.1) is 0 Å². The Labute approximate surface area is 215 Å². The van der Waals surface area contributed by atoms with Crippen LogP contribution in [0.5, 0.6) is 0 Å². The smallest absolute Gasteiger partial charge is 0.270 e. The lowest BCUT2D eigenvalue weighted by Gasteiger charge is -2.36. The lowest BCUT2D eigenvalue weighted by atomic mass is 10.1. The summed E-state index contributed by atoms with van der Waals surface area (Å²) in [6, 6.07) is 30.1. The van der Waals surface area contributed by atoms with Crippen LogP contribution >= 0.6 is 12.2 Å². The Kier molecular flexibility index (Phi) is 6.23. The van der Waals surface area contributed by atoms with E-state index in [2.05, 4.69) is 0 Å². The Morgan fingerprint density at radius 2 is 1.19 bits per heavy atom. The minimum absolute atomic E-state index is 0.0289. The van der Waals surface area contributed by atoms with Crippen molar-refractivity contribution in [3.8, 4) is 5.69 Å². The van der Waals surface area contributed by atoms with Gasteiger partial charge in [0.2, 0.25) is 0 Å². The quantitative estimate of drug-likeness (QED) is 0.216. The monoisotopic (exact) mass is 492 g/mol. The van der Waals surface area contributed by atoms with E-state index in [0.717, 1.165) is 11.4 Å². The van der Waals surface area contributed by atoms with E-state index < -0.39 is 11.8 Å². The molecule has 0 saturated carbocycles. The van der Waals surface area contributed by atoms with Gasteiger partial charge in [0.05, 0.1) is 11.4 Å². The molecule has 4 aromatic rings. The summed E-state index contributed by atoms with van der Waals surface area (Å²) >= 11 is 5.68. The molecule has 1 aliphatic rings. The number of hydrogen-bond acceptors (Lipinski definition) is 4. The van der Waals surface area contributed by atoms with Crippen LogP contribution in [0.15, 0.2) is 109 Å². The molecule has 2 amide bonds. The lowest BCUT2D eigenvalue weighted by Crippen LogP contribution is -2.56. The van der Waals surface area contributed by atoms with Gasteiger partial charge in [0.25, 0.3) is 11.8 Å². The summed E-state index contributed by atoms with van der Waals surface area (Å²) in [5.41, 5.74) is 3.93. The van der Waals surface area contributed by atoms with Crippen molar-refractivity contribution < 1.29 is 9.59 Å². The normalized spacial score (nSPS) is 13.8. The molecule has 178 valence electrons. The first-order valence-corrected chi connectivity index (χ1v) is 11.9. The second kappa shape index (κ2) is 9.64. The highest BCUT2D eigenvalue weighted by atomic mass is 32.1. The molecule has 1 aromatic heterocycles. The molecule has 1 fully saturated rings. The van der Waals surface area contributed by atoms with Crippen LogP contribution in [-0.4, -0.2) is 35.6 Å². The topological polar surface area (TPSA) is 48.8 Å². The maximum Gasteiger partial charge on any atom is 0.270 e. The Balaban J connectivity index is 1.61. The fourth-order valence-corrected chi connectivity index (χ4v) is 4.52. The molecule has 0 aliphatic carbocycles. The second-order valence-electron chi connectivity index (χ2n) is 8.51. The standard InChI is InChI=1S/C29H24N4O2S/c1-30(2)21-15-17-22(18-16-21)31-19-9-14-25(31)20-26-27(34)32(23-10-5-3-6-11-23)29(36)33(28(26)35)24-12-7-4-8-13-24/h3-20H,1-2H3. The summed E-state index contributed by atoms with van der Waals surface area (Å²) < 4.78 is 1.94. The van der Waals surface area contributed by atoms with Crippen LogP contribution in [0.3, 0.4) is 0 Å².